The quantitative estimate of drug-likeness (QED) is 0.309. The number of benzene rings is 3. The number of fused-ring (bicyclic) bond motifs is 3. The summed E-state index contributed by atoms with van der Waals surface area (Å²) in [5.74, 6) is 0. The lowest BCUT2D eigenvalue weighted by molar-refractivity contribution is -0.664. The number of aromatic nitrogens is 2. The second kappa shape index (κ2) is 6.58. The maximum atomic E-state index is 2.27. The van der Waals surface area contributed by atoms with Crippen molar-refractivity contribution in [2.24, 2.45) is 14.1 Å². The van der Waals surface area contributed by atoms with Gasteiger partial charge in [0.1, 0.15) is 14.1 Å². The van der Waals surface area contributed by atoms with Crippen molar-refractivity contribution in [3.05, 3.63) is 97.3 Å². The van der Waals surface area contributed by atoms with Crippen LogP contribution in [0.3, 0.4) is 0 Å². The highest BCUT2D eigenvalue weighted by atomic mass is 15.0. The molecule has 0 saturated heterocycles. The second-order valence-corrected chi connectivity index (χ2v) is 7.27. The zero-order chi connectivity index (χ0) is 19.1. The first kappa shape index (κ1) is 16.6. The Kier molecular flexibility index (Phi) is 3.91. The normalized spacial score (nSPS) is 11.2. The maximum absolute atomic E-state index is 2.27. The van der Waals surface area contributed by atoms with Gasteiger partial charge in [-0.25, -0.2) is 0 Å². The molecule has 2 nitrogen and oxygen atoms in total. The minimum Gasteiger partial charge on any atom is -0.195 e. The summed E-state index contributed by atoms with van der Waals surface area (Å²) in [7, 11) is 4.26. The monoisotopic (exact) mass is 362 g/mol. The first-order valence-electron chi connectivity index (χ1n) is 9.58. The summed E-state index contributed by atoms with van der Waals surface area (Å²) < 4.78 is 4.47. The summed E-state index contributed by atoms with van der Waals surface area (Å²) in [6.07, 6.45) is 4.33. The molecule has 0 bridgehead atoms. The smallest absolute Gasteiger partial charge is 0.195 e. The van der Waals surface area contributed by atoms with Gasteiger partial charge in [0.15, 0.2) is 12.4 Å². The van der Waals surface area contributed by atoms with Crippen LogP contribution in [-0.4, -0.2) is 0 Å². The van der Waals surface area contributed by atoms with Gasteiger partial charge >= 0.3 is 0 Å². The van der Waals surface area contributed by atoms with Gasteiger partial charge in [0, 0.05) is 23.3 Å². The van der Waals surface area contributed by atoms with Gasteiger partial charge in [-0.3, -0.25) is 0 Å². The molecule has 0 spiro atoms. The summed E-state index contributed by atoms with van der Waals surface area (Å²) in [4.78, 5) is 0. The van der Waals surface area contributed by atoms with Crippen LogP contribution in [0, 0.1) is 0 Å². The highest BCUT2D eigenvalue weighted by Crippen LogP contribution is 2.33. The van der Waals surface area contributed by atoms with Crippen molar-refractivity contribution in [2.75, 3.05) is 0 Å². The Balaban J connectivity index is 1.91. The Labute approximate surface area is 164 Å². The predicted molar refractivity (Wildman–Crippen MR) is 115 cm³/mol. The molecule has 0 N–H and O–H groups in total. The van der Waals surface area contributed by atoms with E-state index in [2.05, 4.69) is 121 Å². The molecule has 0 saturated carbocycles. The van der Waals surface area contributed by atoms with Crippen LogP contribution >= 0.6 is 0 Å². The SMILES string of the molecule is C[n+]1ccc(-c2ccccc2)c2ccc3c(-c4ccccc4)cc[n+](C)c3c21. The molecule has 3 aromatic carbocycles. The fourth-order valence-electron chi connectivity index (χ4n) is 4.17. The third-order valence-corrected chi connectivity index (χ3v) is 5.54. The van der Waals surface area contributed by atoms with E-state index in [9.17, 15) is 0 Å². The van der Waals surface area contributed by atoms with Gasteiger partial charge in [0.2, 0.25) is 0 Å². The number of pyridine rings is 2. The van der Waals surface area contributed by atoms with Crippen molar-refractivity contribution in [3.8, 4) is 22.3 Å². The molecule has 0 radical (unpaired) electrons. The van der Waals surface area contributed by atoms with Crippen LogP contribution in [0.15, 0.2) is 97.3 Å². The lowest BCUT2D eigenvalue weighted by Gasteiger charge is -2.09. The number of hydrogen-bond acceptors (Lipinski definition) is 0. The largest absolute Gasteiger partial charge is 0.285 e. The molecule has 134 valence electrons. The topological polar surface area (TPSA) is 7.76 Å². The third kappa shape index (κ3) is 2.57. The van der Waals surface area contributed by atoms with Crippen LogP contribution in [0.25, 0.3) is 44.1 Å². The molecule has 28 heavy (non-hydrogen) atoms. The predicted octanol–water partition coefficient (Wildman–Crippen LogP) is 4.98. The molecule has 2 heteroatoms. The van der Waals surface area contributed by atoms with E-state index in [0.717, 1.165) is 0 Å². The fourth-order valence-corrected chi connectivity index (χ4v) is 4.17. The van der Waals surface area contributed by atoms with E-state index >= 15 is 0 Å². The van der Waals surface area contributed by atoms with Gasteiger partial charge < -0.3 is 0 Å². The Morgan fingerprint density at radius 3 is 1.25 bits per heavy atom. The van der Waals surface area contributed by atoms with Crippen LogP contribution in [0.1, 0.15) is 0 Å². The van der Waals surface area contributed by atoms with Crippen molar-refractivity contribution >= 4 is 21.8 Å². The van der Waals surface area contributed by atoms with Gasteiger partial charge in [-0.15, -0.1) is 0 Å². The first-order valence-corrected chi connectivity index (χ1v) is 9.58. The zero-order valence-electron chi connectivity index (χ0n) is 16.1. The van der Waals surface area contributed by atoms with Gasteiger partial charge in [-0.1, -0.05) is 60.7 Å². The van der Waals surface area contributed by atoms with Crippen molar-refractivity contribution < 1.29 is 9.13 Å². The zero-order valence-corrected chi connectivity index (χ0v) is 16.1. The van der Waals surface area contributed by atoms with Gasteiger partial charge in [0.05, 0.1) is 10.8 Å². The number of hydrogen-bond donors (Lipinski definition) is 0. The molecule has 5 rings (SSSR count). The highest BCUT2D eigenvalue weighted by molar-refractivity contribution is 6.08. The van der Waals surface area contributed by atoms with E-state index in [1.54, 1.807) is 0 Å². The molecule has 2 aromatic heterocycles. The third-order valence-electron chi connectivity index (χ3n) is 5.54. The van der Waals surface area contributed by atoms with E-state index < -0.39 is 0 Å². The molecule has 2 heterocycles. The minimum atomic E-state index is 1.24. The van der Waals surface area contributed by atoms with Crippen LogP contribution in [0.5, 0.6) is 0 Å². The molecule has 0 aliphatic heterocycles. The second-order valence-electron chi connectivity index (χ2n) is 7.27. The molecule has 0 aliphatic carbocycles. The average molecular weight is 362 g/mol. The lowest BCUT2D eigenvalue weighted by atomic mass is 9.96. The van der Waals surface area contributed by atoms with E-state index in [1.807, 2.05) is 0 Å². The summed E-state index contributed by atoms with van der Waals surface area (Å²) in [5.41, 5.74) is 7.52. The van der Waals surface area contributed by atoms with Crippen LogP contribution in [0.4, 0.5) is 0 Å². The van der Waals surface area contributed by atoms with Crippen molar-refractivity contribution in [1.82, 2.24) is 0 Å². The lowest BCUT2D eigenvalue weighted by Crippen LogP contribution is -2.35. The van der Waals surface area contributed by atoms with Crippen LogP contribution in [-0.2, 0) is 14.1 Å². The molecule has 0 fully saturated rings. The van der Waals surface area contributed by atoms with E-state index in [1.165, 1.54) is 44.1 Å². The molecule has 0 atom stereocenters. The molecule has 0 aliphatic rings. The Morgan fingerprint density at radius 2 is 0.857 bits per heavy atom. The summed E-state index contributed by atoms with van der Waals surface area (Å²) >= 11 is 0. The molecule has 0 unspecified atom stereocenters. The van der Waals surface area contributed by atoms with Gasteiger partial charge in [-0.05, 0) is 23.3 Å². The number of aryl methyl sites for hydroxylation is 2. The van der Waals surface area contributed by atoms with Crippen molar-refractivity contribution in [1.29, 1.82) is 0 Å². The van der Waals surface area contributed by atoms with Crippen molar-refractivity contribution in [3.63, 3.8) is 0 Å². The maximum Gasteiger partial charge on any atom is 0.285 e. The average Bonchev–Trinajstić information content (AvgIpc) is 2.75. The fraction of sp³-hybridized carbons (Fsp3) is 0.0769. The Hall–Kier alpha value is -3.52. The molecular weight excluding hydrogens is 340 g/mol. The highest BCUT2D eigenvalue weighted by Gasteiger charge is 2.23. The summed E-state index contributed by atoms with van der Waals surface area (Å²) in [6, 6.07) is 30.2. The number of rotatable bonds is 2. The first-order chi connectivity index (χ1) is 13.7. The van der Waals surface area contributed by atoms with E-state index in [-0.39, 0.29) is 0 Å². The van der Waals surface area contributed by atoms with Gasteiger partial charge in [0.25, 0.3) is 11.0 Å². The molecular formula is C26H22N2+2. The molecule has 0 amide bonds. The minimum absolute atomic E-state index is 1.24. The number of nitrogens with zero attached hydrogens (tertiary/aromatic N) is 2. The molecule has 5 aromatic rings. The van der Waals surface area contributed by atoms with Crippen LogP contribution in [0.2, 0.25) is 0 Å². The van der Waals surface area contributed by atoms with Crippen LogP contribution < -0.4 is 9.13 Å². The summed E-state index contributed by atoms with van der Waals surface area (Å²) in [5, 5.41) is 2.54. The van der Waals surface area contributed by atoms with Gasteiger partial charge in [-0.2, -0.15) is 9.13 Å². The van der Waals surface area contributed by atoms with E-state index in [4.69, 9.17) is 0 Å². The summed E-state index contributed by atoms with van der Waals surface area (Å²) in [6.45, 7) is 0. The van der Waals surface area contributed by atoms with E-state index in [0.29, 0.717) is 0 Å². The Morgan fingerprint density at radius 1 is 0.464 bits per heavy atom. The standard InChI is InChI=1S/C26H22N2/c1-27-17-15-21(19-9-5-3-6-10-19)23-13-14-24-22(20-11-7-4-8-12-20)16-18-28(2)26(24)25(23)27/h3-18H,1-2H3/q+2. The van der Waals surface area contributed by atoms with Crippen molar-refractivity contribution in [2.45, 2.75) is 0 Å². The Bertz CT molecular complexity index is 1200.